The molecule has 0 saturated carbocycles. The van der Waals surface area contributed by atoms with Gasteiger partial charge in [0.25, 0.3) is 0 Å². The van der Waals surface area contributed by atoms with Crippen LogP contribution in [0.25, 0.3) is 0 Å². The Morgan fingerprint density at radius 1 is 1.54 bits per heavy atom. The second kappa shape index (κ2) is 7.03. The van der Waals surface area contributed by atoms with Gasteiger partial charge in [-0.05, 0) is 13.3 Å². The predicted molar refractivity (Wildman–Crippen MR) is 54.8 cm³/mol. The summed E-state index contributed by atoms with van der Waals surface area (Å²) in [6.07, 6.45) is 0.793. The Bertz CT molecular complexity index is 185. The highest BCUT2D eigenvalue weighted by atomic mass is 32.2. The van der Waals surface area contributed by atoms with Crippen LogP contribution in [-0.4, -0.2) is 34.2 Å². The summed E-state index contributed by atoms with van der Waals surface area (Å²) in [6.45, 7) is 4.35. The zero-order valence-electron chi connectivity index (χ0n) is 8.21. The topological polar surface area (TPSA) is 72.2 Å². The first-order valence-electron chi connectivity index (χ1n) is 4.47. The van der Waals surface area contributed by atoms with Crippen molar-refractivity contribution in [1.29, 1.82) is 0 Å². The van der Waals surface area contributed by atoms with Crippen LogP contribution in [0, 0.1) is 0 Å². The molecule has 4 nitrogen and oxygen atoms in total. The van der Waals surface area contributed by atoms with E-state index in [1.54, 1.807) is 0 Å². The van der Waals surface area contributed by atoms with E-state index in [0.717, 1.165) is 6.42 Å². The van der Waals surface area contributed by atoms with E-state index in [2.05, 4.69) is 5.32 Å². The molecule has 0 aliphatic rings. The third-order valence-electron chi connectivity index (χ3n) is 1.59. The summed E-state index contributed by atoms with van der Waals surface area (Å²) in [7, 11) is -1.12. The zero-order chi connectivity index (χ0) is 10.3. The van der Waals surface area contributed by atoms with Crippen LogP contribution < -0.4 is 11.1 Å². The van der Waals surface area contributed by atoms with Crippen molar-refractivity contribution in [2.75, 3.05) is 18.1 Å². The number of rotatable bonds is 6. The third-order valence-corrected chi connectivity index (χ3v) is 2.97. The highest BCUT2D eigenvalue weighted by Gasteiger charge is 2.09. The fourth-order valence-electron chi connectivity index (χ4n) is 0.810. The van der Waals surface area contributed by atoms with E-state index in [1.807, 2.05) is 13.8 Å². The van der Waals surface area contributed by atoms with E-state index in [-0.39, 0.29) is 17.7 Å². The molecule has 0 aromatic rings. The molecule has 0 bridgehead atoms. The summed E-state index contributed by atoms with van der Waals surface area (Å²) in [6, 6.07) is -0.0599. The lowest BCUT2D eigenvalue weighted by atomic mass is 10.3. The molecule has 3 N–H and O–H groups in total. The van der Waals surface area contributed by atoms with Gasteiger partial charge in [0.1, 0.15) is 5.75 Å². The second-order valence-corrected chi connectivity index (χ2v) is 4.37. The number of carbonyl (C=O) groups excluding carboxylic acids is 1. The van der Waals surface area contributed by atoms with Gasteiger partial charge in [-0.3, -0.25) is 9.00 Å². The van der Waals surface area contributed by atoms with E-state index in [9.17, 15) is 9.00 Å². The molecule has 0 rings (SSSR count). The summed E-state index contributed by atoms with van der Waals surface area (Å²) in [5.41, 5.74) is 5.60. The minimum Gasteiger partial charge on any atom is -0.356 e. The molecule has 0 fully saturated rings. The van der Waals surface area contributed by atoms with Crippen LogP contribution in [0.15, 0.2) is 0 Å². The van der Waals surface area contributed by atoms with Crippen LogP contribution in [0.4, 0.5) is 0 Å². The summed E-state index contributed by atoms with van der Waals surface area (Å²) < 4.78 is 11.3. The first kappa shape index (κ1) is 12.6. The molecule has 2 unspecified atom stereocenters. The summed E-state index contributed by atoms with van der Waals surface area (Å²) in [5.74, 6) is 0.318. The van der Waals surface area contributed by atoms with Crippen LogP contribution in [0.5, 0.6) is 0 Å². The van der Waals surface area contributed by atoms with Crippen LogP contribution in [-0.2, 0) is 15.6 Å². The highest BCUT2D eigenvalue weighted by molar-refractivity contribution is 7.85. The molecule has 0 heterocycles. The van der Waals surface area contributed by atoms with Gasteiger partial charge in [0.05, 0.1) is 0 Å². The quantitative estimate of drug-likeness (QED) is 0.621. The van der Waals surface area contributed by atoms with Crippen LogP contribution in [0.2, 0.25) is 0 Å². The largest absolute Gasteiger partial charge is 0.356 e. The maximum absolute atomic E-state index is 11.3. The third kappa shape index (κ3) is 6.72. The molecule has 78 valence electrons. The number of hydrogen-bond donors (Lipinski definition) is 2. The molecule has 1 amide bonds. The average molecular weight is 206 g/mol. The first-order chi connectivity index (χ1) is 6.10. The molecular weight excluding hydrogens is 188 g/mol. The molecule has 0 aliphatic carbocycles. The SMILES string of the molecule is CCNC(=O)CS(=O)CC(N)CC. The molecule has 0 spiro atoms. The molecule has 0 aliphatic heterocycles. The lowest BCUT2D eigenvalue weighted by molar-refractivity contribution is -0.118. The normalized spacial score (nSPS) is 15.0. The zero-order valence-corrected chi connectivity index (χ0v) is 9.02. The van der Waals surface area contributed by atoms with Crippen LogP contribution >= 0.6 is 0 Å². The van der Waals surface area contributed by atoms with Crippen molar-refractivity contribution >= 4 is 16.7 Å². The second-order valence-electron chi connectivity index (χ2n) is 2.87. The number of amides is 1. The van der Waals surface area contributed by atoms with Crippen LogP contribution in [0.1, 0.15) is 20.3 Å². The van der Waals surface area contributed by atoms with Crippen molar-refractivity contribution in [2.45, 2.75) is 26.3 Å². The van der Waals surface area contributed by atoms with Crippen molar-refractivity contribution in [1.82, 2.24) is 5.32 Å². The maximum Gasteiger partial charge on any atom is 0.232 e. The molecular formula is C8H18N2O2S. The number of hydrogen-bond acceptors (Lipinski definition) is 3. The average Bonchev–Trinajstić information content (AvgIpc) is 2.04. The molecule has 2 atom stereocenters. The van der Waals surface area contributed by atoms with Gasteiger partial charge in [0, 0.05) is 29.1 Å². The monoisotopic (exact) mass is 206 g/mol. The Labute approximate surface area is 81.7 Å². The van der Waals surface area contributed by atoms with Crippen molar-refractivity contribution < 1.29 is 9.00 Å². The van der Waals surface area contributed by atoms with E-state index in [0.29, 0.717) is 12.3 Å². The lowest BCUT2D eigenvalue weighted by Crippen LogP contribution is -2.33. The van der Waals surface area contributed by atoms with Gasteiger partial charge in [0.15, 0.2) is 0 Å². The Balaban J connectivity index is 3.67. The van der Waals surface area contributed by atoms with Crippen molar-refractivity contribution in [3.05, 3.63) is 0 Å². The number of carbonyl (C=O) groups is 1. The Morgan fingerprint density at radius 3 is 2.62 bits per heavy atom. The minimum atomic E-state index is -1.12. The van der Waals surface area contributed by atoms with Gasteiger partial charge >= 0.3 is 0 Å². The minimum absolute atomic E-state index is 0.0599. The van der Waals surface area contributed by atoms with E-state index >= 15 is 0 Å². The van der Waals surface area contributed by atoms with Gasteiger partial charge in [0.2, 0.25) is 5.91 Å². The highest BCUT2D eigenvalue weighted by Crippen LogP contribution is 1.91. The Hall–Kier alpha value is -0.420. The van der Waals surface area contributed by atoms with Crippen molar-refractivity contribution in [3.8, 4) is 0 Å². The fraction of sp³-hybridized carbons (Fsp3) is 0.875. The summed E-state index contributed by atoms with van der Waals surface area (Å²) >= 11 is 0. The van der Waals surface area contributed by atoms with E-state index in [4.69, 9.17) is 5.73 Å². The Morgan fingerprint density at radius 2 is 2.15 bits per heavy atom. The molecule has 0 radical (unpaired) electrons. The fourth-order valence-corrected chi connectivity index (χ4v) is 2.04. The molecule has 13 heavy (non-hydrogen) atoms. The van der Waals surface area contributed by atoms with E-state index < -0.39 is 10.8 Å². The summed E-state index contributed by atoms with van der Waals surface area (Å²) in [4.78, 5) is 11.0. The van der Waals surface area contributed by atoms with Gasteiger partial charge in [-0.25, -0.2) is 0 Å². The number of nitrogens with one attached hydrogen (secondary N) is 1. The lowest BCUT2D eigenvalue weighted by Gasteiger charge is -2.07. The van der Waals surface area contributed by atoms with E-state index in [1.165, 1.54) is 0 Å². The number of nitrogens with two attached hydrogens (primary N) is 1. The molecule has 0 saturated heterocycles. The Kier molecular flexibility index (Phi) is 6.80. The summed E-state index contributed by atoms with van der Waals surface area (Å²) in [5, 5.41) is 2.59. The van der Waals surface area contributed by atoms with Gasteiger partial charge in [-0.2, -0.15) is 0 Å². The van der Waals surface area contributed by atoms with Crippen molar-refractivity contribution in [2.24, 2.45) is 5.73 Å². The molecule has 5 heteroatoms. The molecule has 0 aromatic heterocycles. The van der Waals surface area contributed by atoms with Gasteiger partial charge in [-0.15, -0.1) is 0 Å². The predicted octanol–water partition coefficient (Wildman–Crippen LogP) is -0.391. The van der Waals surface area contributed by atoms with Gasteiger partial charge in [-0.1, -0.05) is 6.92 Å². The molecule has 0 aromatic carbocycles. The van der Waals surface area contributed by atoms with Crippen molar-refractivity contribution in [3.63, 3.8) is 0 Å². The van der Waals surface area contributed by atoms with Gasteiger partial charge < -0.3 is 11.1 Å². The maximum atomic E-state index is 11.3. The standard InChI is InChI=1S/C8H18N2O2S/c1-3-7(9)5-13(12)6-8(11)10-4-2/h7H,3-6,9H2,1-2H3,(H,10,11). The van der Waals surface area contributed by atoms with Crippen LogP contribution in [0.3, 0.4) is 0 Å². The smallest absolute Gasteiger partial charge is 0.232 e. The first-order valence-corrected chi connectivity index (χ1v) is 5.96.